The maximum atomic E-state index is 12.4. The first-order valence-corrected chi connectivity index (χ1v) is 8.59. The molecule has 0 saturated carbocycles. The number of nitro groups is 1. The number of hydrogen-bond donors (Lipinski definition) is 1. The van der Waals surface area contributed by atoms with E-state index in [1.54, 1.807) is 12.1 Å². The third-order valence-corrected chi connectivity index (χ3v) is 5.22. The normalized spacial score (nSPS) is 11.3. The summed E-state index contributed by atoms with van der Waals surface area (Å²) in [6.45, 7) is 3.26. The van der Waals surface area contributed by atoms with Crippen molar-refractivity contribution in [2.24, 2.45) is 0 Å². The first-order valence-electron chi connectivity index (χ1n) is 6.35. The van der Waals surface area contributed by atoms with Gasteiger partial charge < -0.3 is 0 Å². The van der Waals surface area contributed by atoms with Crippen molar-refractivity contribution < 1.29 is 13.3 Å². The smallest absolute Gasteiger partial charge is 0.275 e. The maximum absolute atomic E-state index is 12.4. The van der Waals surface area contributed by atoms with Gasteiger partial charge in [-0.05, 0) is 37.6 Å². The van der Waals surface area contributed by atoms with Gasteiger partial charge in [0, 0.05) is 11.6 Å². The van der Waals surface area contributed by atoms with Crippen molar-refractivity contribution >= 4 is 44.6 Å². The first kappa shape index (κ1) is 17.5. The maximum Gasteiger partial charge on any atom is 0.275 e. The van der Waals surface area contributed by atoms with E-state index in [2.05, 4.69) is 4.72 Å². The van der Waals surface area contributed by atoms with Crippen LogP contribution in [0.4, 0.5) is 11.4 Å². The lowest BCUT2D eigenvalue weighted by molar-refractivity contribution is -0.385. The van der Waals surface area contributed by atoms with E-state index in [-0.39, 0.29) is 31.9 Å². The van der Waals surface area contributed by atoms with Crippen molar-refractivity contribution in [1.29, 1.82) is 0 Å². The summed E-state index contributed by atoms with van der Waals surface area (Å²) in [7, 11) is -4.07. The van der Waals surface area contributed by atoms with E-state index >= 15 is 0 Å². The number of halogens is 2. The summed E-state index contributed by atoms with van der Waals surface area (Å²) in [6.07, 6.45) is 0. The number of aryl methyl sites for hydroxylation is 1. The van der Waals surface area contributed by atoms with Gasteiger partial charge in [0.05, 0.1) is 25.6 Å². The number of hydrogen-bond acceptors (Lipinski definition) is 4. The van der Waals surface area contributed by atoms with Crippen LogP contribution in [0.15, 0.2) is 35.2 Å². The summed E-state index contributed by atoms with van der Waals surface area (Å²) >= 11 is 11.9. The van der Waals surface area contributed by atoms with Crippen molar-refractivity contribution in [3.63, 3.8) is 0 Å². The minimum atomic E-state index is -4.07. The van der Waals surface area contributed by atoms with Gasteiger partial charge in [-0.1, -0.05) is 29.3 Å². The van der Waals surface area contributed by atoms with Crippen LogP contribution in [-0.2, 0) is 10.0 Å². The zero-order valence-electron chi connectivity index (χ0n) is 12.1. The summed E-state index contributed by atoms with van der Waals surface area (Å²) in [4.78, 5) is 10.0. The Labute approximate surface area is 143 Å². The van der Waals surface area contributed by atoms with Crippen LogP contribution in [0.1, 0.15) is 11.1 Å². The molecule has 0 spiro atoms. The average Bonchev–Trinajstić information content (AvgIpc) is 2.44. The highest BCUT2D eigenvalue weighted by Crippen LogP contribution is 2.31. The Balaban J connectivity index is 2.50. The van der Waals surface area contributed by atoms with E-state index in [1.807, 2.05) is 6.92 Å². The van der Waals surface area contributed by atoms with Crippen molar-refractivity contribution in [1.82, 2.24) is 0 Å². The van der Waals surface area contributed by atoms with Crippen LogP contribution in [0.2, 0.25) is 10.0 Å². The van der Waals surface area contributed by atoms with Gasteiger partial charge in [-0.25, -0.2) is 8.42 Å². The van der Waals surface area contributed by atoms with Gasteiger partial charge >= 0.3 is 0 Å². The number of rotatable bonds is 4. The van der Waals surface area contributed by atoms with Crippen molar-refractivity contribution in [2.45, 2.75) is 18.7 Å². The lowest BCUT2D eigenvalue weighted by Gasteiger charge is -2.11. The van der Waals surface area contributed by atoms with Crippen molar-refractivity contribution in [3.8, 4) is 0 Å². The van der Waals surface area contributed by atoms with E-state index in [0.29, 0.717) is 0 Å². The van der Waals surface area contributed by atoms with Crippen LogP contribution in [0.25, 0.3) is 0 Å². The molecular weight excluding hydrogens is 363 g/mol. The SMILES string of the molecule is Cc1ccc(NS(=O)(=O)c2cc(Cl)c(C)c([N+](=O)[O-])c2)c(Cl)c1. The Morgan fingerprint density at radius 3 is 2.30 bits per heavy atom. The summed E-state index contributed by atoms with van der Waals surface area (Å²) in [5, 5.41) is 11.2. The summed E-state index contributed by atoms with van der Waals surface area (Å²) in [5.41, 5.74) is 0.875. The zero-order chi connectivity index (χ0) is 17.4. The fourth-order valence-corrected chi connectivity index (χ4v) is 3.63. The summed E-state index contributed by atoms with van der Waals surface area (Å²) in [6, 6.07) is 6.93. The monoisotopic (exact) mass is 374 g/mol. The van der Waals surface area contributed by atoms with Gasteiger partial charge in [-0.3, -0.25) is 14.8 Å². The van der Waals surface area contributed by atoms with Gasteiger partial charge in [-0.2, -0.15) is 0 Å². The van der Waals surface area contributed by atoms with E-state index in [1.165, 1.54) is 13.0 Å². The number of nitrogens with one attached hydrogen (secondary N) is 1. The Morgan fingerprint density at radius 2 is 1.74 bits per heavy atom. The van der Waals surface area contributed by atoms with Crippen molar-refractivity contribution in [3.05, 3.63) is 61.6 Å². The molecule has 23 heavy (non-hydrogen) atoms. The van der Waals surface area contributed by atoms with Crippen molar-refractivity contribution in [2.75, 3.05) is 4.72 Å². The first-order chi connectivity index (χ1) is 10.6. The number of sulfonamides is 1. The van der Waals surface area contributed by atoms with Gasteiger partial charge in [0.25, 0.3) is 15.7 Å². The number of anilines is 1. The standard InChI is InChI=1S/C14H12Cl2N2O4S/c1-8-3-4-13(12(16)5-8)17-23(21,22)10-6-11(15)9(2)14(7-10)18(19)20/h3-7,17H,1-2H3. The van der Waals surface area contributed by atoms with Gasteiger partial charge in [0.15, 0.2) is 0 Å². The molecule has 0 unspecified atom stereocenters. The largest absolute Gasteiger partial charge is 0.278 e. The van der Waals surface area contributed by atoms with Crippen LogP contribution < -0.4 is 4.72 Å². The molecule has 122 valence electrons. The second-order valence-electron chi connectivity index (χ2n) is 4.90. The quantitative estimate of drug-likeness (QED) is 0.637. The highest BCUT2D eigenvalue weighted by molar-refractivity contribution is 7.92. The molecule has 2 rings (SSSR count). The van der Waals surface area contributed by atoms with Crippen LogP contribution in [-0.4, -0.2) is 13.3 Å². The molecular formula is C14H12Cl2N2O4S. The van der Waals surface area contributed by atoms with Gasteiger partial charge in [0.2, 0.25) is 0 Å². The predicted molar refractivity (Wildman–Crippen MR) is 89.8 cm³/mol. The van der Waals surface area contributed by atoms with Gasteiger partial charge in [-0.15, -0.1) is 0 Å². The average molecular weight is 375 g/mol. The number of benzene rings is 2. The van der Waals surface area contributed by atoms with Crippen LogP contribution in [0.3, 0.4) is 0 Å². The molecule has 0 aliphatic carbocycles. The number of nitrogens with zero attached hydrogens (tertiary/aromatic N) is 1. The lowest BCUT2D eigenvalue weighted by atomic mass is 10.2. The fourth-order valence-electron chi connectivity index (χ4n) is 1.89. The third kappa shape index (κ3) is 3.74. The topological polar surface area (TPSA) is 89.3 Å². The fraction of sp³-hybridized carbons (Fsp3) is 0.143. The summed E-state index contributed by atoms with van der Waals surface area (Å²) < 4.78 is 27.2. The lowest BCUT2D eigenvalue weighted by Crippen LogP contribution is -2.14. The Hall–Kier alpha value is -1.83. The van der Waals surface area contributed by atoms with E-state index in [9.17, 15) is 18.5 Å². The van der Waals surface area contributed by atoms with E-state index in [0.717, 1.165) is 17.7 Å². The molecule has 0 radical (unpaired) electrons. The second kappa shape index (κ2) is 6.35. The molecule has 0 heterocycles. The Kier molecular flexibility index (Phi) is 4.84. The van der Waals surface area contributed by atoms with Crippen LogP contribution in [0.5, 0.6) is 0 Å². The third-order valence-electron chi connectivity index (χ3n) is 3.17. The molecule has 9 heteroatoms. The molecule has 0 saturated heterocycles. The molecule has 0 aliphatic heterocycles. The predicted octanol–water partition coefficient (Wildman–Crippen LogP) is 4.32. The minimum absolute atomic E-state index is 0.00502. The van der Waals surface area contributed by atoms with Gasteiger partial charge in [0.1, 0.15) is 0 Å². The zero-order valence-corrected chi connectivity index (χ0v) is 14.5. The Morgan fingerprint density at radius 1 is 1.09 bits per heavy atom. The number of nitro benzene ring substituents is 1. The van der Waals surface area contributed by atoms with Crippen LogP contribution >= 0.6 is 23.2 Å². The molecule has 2 aromatic carbocycles. The molecule has 1 N–H and O–H groups in total. The molecule has 0 bridgehead atoms. The van der Waals surface area contributed by atoms with E-state index in [4.69, 9.17) is 23.2 Å². The van der Waals surface area contributed by atoms with E-state index < -0.39 is 14.9 Å². The molecule has 0 aliphatic rings. The summed E-state index contributed by atoms with van der Waals surface area (Å²) in [5.74, 6) is 0. The Bertz CT molecular complexity index is 898. The molecule has 0 aromatic heterocycles. The highest BCUT2D eigenvalue weighted by Gasteiger charge is 2.23. The minimum Gasteiger partial charge on any atom is -0.278 e. The molecule has 0 fully saturated rings. The molecule has 2 aromatic rings. The van der Waals surface area contributed by atoms with Crippen LogP contribution in [0, 0.1) is 24.0 Å². The molecule has 6 nitrogen and oxygen atoms in total. The molecule has 0 amide bonds. The molecule has 0 atom stereocenters. The highest BCUT2D eigenvalue weighted by atomic mass is 35.5. The second-order valence-corrected chi connectivity index (χ2v) is 7.39.